The molecule has 3 aromatic rings. The molecule has 2 heterocycles. The zero-order valence-corrected chi connectivity index (χ0v) is 14.4. The summed E-state index contributed by atoms with van der Waals surface area (Å²) in [6.45, 7) is 2.79. The monoisotopic (exact) mass is 385 g/mol. The van der Waals surface area contributed by atoms with Gasteiger partial charge in [-0.1, -0.05) is 0 Å². The Morgan fingerprint density at radius 1 is 1.26 bits per heavy atom. The number of carbonyl (C=O) groups excluding carboxylic acids is 1. The number of phenolic OH excluding ortho intramolecular Hbond substituents is 1. The summed E-state index contributed by atoms with van der Waals surface area (Å²) >= 11 is 0. The number of nitrogen functional groups attached to an aromatic ring is 1. The van der Waals surface area contributed by atoms with E-state index in [2.05, 4.69) is 5.10 Å². The van der Waals surface area contributed by atoms with E-state index in [0.717, 1.165) is 17.7 Å². The molecule has 144 valence electrons. The first-order chi connectivity index (χ1) is 12.4. The van der Waals surface area contributed by atoms with Crippen molar-refractivity contribution in [1.82, 2.24) is 14.3 Å². The molecule has 1 amide bonds. The number of hydrogen-bond acceptors (Lipinski definition) is 4. The molecule has 0 saturated heterocycles. The zero-order chi connectivity index (χ0) is 20.4. The molecule has 27 heavy (non-hydrogen) atoms. The molecule has 0 spiro atoms. The summed E-state index contributed by atoms with van der Waals surface area (Å²) in [5.74, 6) is -2.85. The van der Waals surface area contributed by atoms with Gasteiger partial charge >= 0.3 is 6.18 Å². The maximum atomic E-state index is 14.2. The first-order valence-electron chi connectivity index (χ1n) is 7.60. The molecule has 0 bridgehead atoms. The molecule has 0 unspecified atom stereocenters. The molecule has 11 heteroatoms. The number of anilines is 1. The minimum atomic E-state index is -4.85. The van der Waals surface area contributed by atoms with Crippen LogP contribution in [0.5, 0.6) is 5.75 Å². The van der Waals surface area contributed by atoms with Crippen LogP contribution in [0.2, 0.25) is 0 Å². The van der Waals surface area contributed by atoms with Crippen LogP contribution in [0.1, 0.15) is 27.2 Å². The molecule has 0 aliphatic heterocycles. The summed E-state index contributed by atoms with van der Waals surface area (Å²) in [5.41, 5.74) is 9.22. The summed E-state index contributed by atoms with van der Waals surface area (Å²) in [6, 6.07) is 0.875. The fourth-order valence-corrected chi connectivity index (χ4v) is 3.24. The van der Waals surface area contributed by atoms with Crippen molar-refractivity contribution in [1.29, 1.82) is 0 Å². The van der Waals surface area contributed by atoms with Crippen LogP contribution in [-0.2, 0) is 13.2 Å². The van der Waals surface area contributed by atoms with Gasteiger partial charge in [0.1, 0.15) is 17.4 Å². The number of aromatic nitrogens is 3. The lowest BCUT2D eigenvalue weighted by Gasteiger charge is -2.15. The Bertz CT molecular complexity index is 1080. The van der Waals surface area contributed by atoms with E-state index >= 15 is 0 Å². The Labute approximate surface area is 149 Å². The molecule has 0 aliphatic rings. The van der Waals surface area contributed by atoms with Crippen LogP contribution in [-0.4, -0.2) is 25.4 Å². The van der Waals surface area contributed by atoms with Crippen LogP contribution >= 0.6 is 0 Å². The third-order valence-corrected chi connectivity index (χ3v) is 4.44. The highest BCUT2D eigenvalue weighted by Gasteiger charge is 2.41. The fourth-order valence-electron chi connectivity index (χ4n) is 3.24. The van der Waals surface area contributed by atoms with Crippen LogP contribution in [0.25, 0.3) is 16.7 Å². The topological polar surface area (TPSA) is 112 Å². The minimum absolute atomic E-state index is 0.00383. The Morgan fingerprint density at radius 2 is 1.85 bits per heavy atom. The van der Waals surface area contributed by atoms with Crippen LogP contribution in [0.3, 0.4) is 0 Å². The summed E-state index contributed by atoms with van der Waals surface area (Å²) < 4.78 is 56.3. The Hall–Kier alpha value is -3.24. The standard InChI is InChI=1S/C16H15F4N5O2/c1-5-7(17)4-8(26)6(2)11(5)25-13(21)10(14(22)27)9-12(16(18,19)20)24(3)23-15(9)25/h4,26H,21H2,1-3H3,(H2,22,27). The third-order valence-electron chi connectivity index (χ3n) is 4.44. The number of aromatic hydroxyl groups is 1. The van der Waals surface area contributed by atoms with Crippen molar-refractivity contribution in [3.63, 3.8) is 0 Å². The van der Waals surface area contributed by atoms with Gasteiger partial charge in [0.15, 0.2) is 11.3 Å². The van der Waals surface area contributed by atoms with E-state index in [1.807, 2.05) is 0 Å². The maximum Gasteiger partial charge on any atom is 0.433 e. The van der Waals surface area contributed by atoms with E-state index in [4.69, 9.17) is 11.5 Å². The van der Waals surface area contributed by atoms with Crippen LogP contribution in [0.15, 0.2) is 6.07 Å². The lowest BCUT2D eigenvalue weighted by molar-refractivity contribution is -0.142. The van der Waals surface area contributed by atoms with Gasteiger partial charge in [-0.25, -0.2) is 4.39 Å². The maximum absolute atomic E-state index is 14.2. The highest BCUT2D eigenvalue weighted by molar-refractivity contribution is 6.12. The number of primary amides is 1. The molecule has 0 atom stereocenters. The number of nitrogens with zero attached hydrogens (tertiary/aromatic N) is 3. The summed E-state index contributed by atoms with van der Waals surface area (Å²) in [5, 5.41) is 13.2. The number of halogens is 4. The molecule has 0 saturated carbocycles. The Morgan fingerprint density at radius 3 is 2.37 bits per heavy atom. The molecule has 2 aromatic heterocycles. The van der Waals surface area contributed by atoms with Gasteiger partial charge in [0.05, 0.1) is 16.6 Å². The summed E-state index contributed by atoms with van der Waals surface area (Å²) in [6.07, 6.45) is -4.85. The van der Waals surface area contributed by atoms with E-state index in [0.29, 0.717) is 4.68 Å². The number of carbonyl (C=O) groups is 1. The van der Waals surface area contributed by atoms with Gasteiger partial charge < -0.3 is 16.6 Å². The molecule has 5 N–H and O–H groups in total. The van der Waals surface area contributed by atoms with E-state index in [-0.39, 0.29) is 22.5 Å². The highest BCUT2D eigenvalue weighted by Crippen LogP contribution is 2.42. The molecule has 3 rings (SSSR count). The number of phenols is 1. The first-order valence-corrected chi connectivity index (χ1v) is 7.60. The van der Waals surface area contributed by atoms with Crippen LogP contribution < -0.4 is 11.5 Å². The number of aryl methyl sites for hydroxylation is 1. The molecule has 1 aromatic carbocycles. The van der Waals surface area contributed by atoms with Gasteiger partial charge in [0.25, 0.3) is 5.91 Å². The lowest BCUT2D eigenvalue weighted by atomic mass is 10.1. The van der Waals surface area contributed by atoms with Gasteiger partial charge in [-0.05, 0) is 13.8 Å². The van der Waals surface area contributed by atoms with Crippen molar-refractivity contribution in [3.05, 3.63) is 34.3 Å². The lowest BCUT2D eigenvalue weighted by Crippen LogP contribution is -2.18. The predicted octanol–water partition coefficient (Wildman–Crippen LogP) is 2.53. The van der Waals surface area contributed by atoms with E-state index in [1.54, 1.807) is 0 Å². The second-order valence-corrected chi connectivity index (χ2v) is 6.10. The van der Waals surface area contributed by atoms with Crippen LogP contribution in [0.4, 0.5) is 23.4 Å². The van der Waals surface area contributed by atoms with Crippen molar-refractivity contribution < 1.29 is 27.5 Å². The Kier molecular flexibility index (Phi) is 3.87. The minimum Gasteiger partial charge on any atom is -0.507 e. The third kappa shape index (κ3) is 2.49. The molecule has 7 nitrogen and oxygen atoms in total. The number of nitrogens with two attached hydrogens (primary N) is 2. The van der Waals surface area contributed by atoms with Gasteiger partial charge in [0.2, 0.25) is 0 Å². The predicted molar refractivity (Wildman–Crippen MR) is 89.1 cm³/mol. The smallest absolute Gasteiger partial charge is 0.433 e. The molecule has 0 fully saturated rings. The van der Waals surface area contributed by atoms with Gasteiger partial charge in [-0.2, -0.15) is 18.3 Å². The molecule has 0 aliphatic carbocycles. The quantitative estimate of drug-likeness (QED) is 0.589. The van der Waals surface area contributed by atoms with E-state index in [1.165, 1.54) is 13.8 Å². The van der Waals surface area contributed by atoms with Crippen molar-refractivity contribution >= 4 is 22.8 Å². The van der Waals surface area contributed by atoms with Crippen molar-refractivity contribution in [2.75, 3.05) is 5.73 Å². The van der Waals surface area contributed by atoms with Crippen molar-refractivity contribution in [3.8, 4) is 11.4 Å². The molecular weight excluding hydrogens is 370 g/mol. The van der Waals surface area contributed by atoms with Gasteiger partial charge in [-0.3, -0.25) is 14.0 Å². The number of rotatable bonds is 2. The second-order valence-electron chi connectivity index (χ2n) is 6.10. The second kappa shape index (κ2) is 5.63. The van der Waals surface area contributed by atoms with Gasteiger partial charge in [-0.15, -0.1) is 0 Å². The number of hydrogen-bond donors (Lipinski definition) is 3. The largest absolute Gasteiger partial charge is 0.507 e. The van der Waals surface area contributed by atoms with Crippen molar-refractivity contribution in [2.45, 2.75) is 20.0 Å². The normalized spacial score (nSPS) is 12.1. The van der Waals surface area contributed by atoms with E-state index < -0.39 is 46.1 Å². The van der Waals surface area contributed by atoms with E-state index in [9.17, 15) is 27.5 Å². The number of benzene rings is 1. The highest BCUT2D eigenvalue weighted by atomic mass is 19.4. The molecular formula is C16H15F4N5O2. The number of alkyl halides is 3. The van der Waals surface area contributed by atoms with Gasteiger partial charge in [0, 0.05) is 24.2 Å². The number of fused-ring (bicyclic) bond motifs is 1. The fraction of sp³-hybridized carbons (Fsp3) is 0.250. The first kappa shape index (κ1) is 18.5. The molecule has 0 radical (unpaired) electrons. The Balaban J connectivity index is 2.59. The number of amides is 1. The SMILES string of the molecule is Cc1c(O)cc(F)c(C)c1-n1c(N)c(C(N)=O)c2c(C(F)(F)F)n(C)nc21. The van der Waals surface area contributed by atoms with Crippen LogP contribution in [0, 0.1) is 19.7 Å². The average Bonchev–Trinajstić information content (AvgIpc) is 2.97. The zero-order valence-electron chi connectivity index (χ0n) is 14.4. The van der Waals surface area contributed by atoms with Crippen molar-refractivity contribution in [2.24, 2.45) is 12.8 Å². The average molecular weight is 385 g/mol. The summed E-state index contributed by atoms with van der Waals surface area (Å²) in [4.78, 5) is 11.9. The summed E-state index contributed by atoms with van der Waals surface area (Å²) in [7, 11) is 1.05.